The van der Waals surface area contributed by atoms with Gasteiger partial charge in [-0.1, -0.05) is 38.0 Å². The summed E-state index contributed by atoms with van der Waals surface area (Å²) in [5, 5.41) is 3.14. The summed E-state index contributed by atoms with van der Waals surface area (Å²) in [6.07, 6.45) is 6.79. The summed E-state index contributed by atoms with van der Waals surface area (Å²) in [5.41, 5.74) is 12.2. The van der Waals surface area contributed by atoms with Gasteiger partial charge in [0.1, 0.15) is 17.0 Å². The molecule has 1 fully saturated rings. The number of hydrogen-bond donors (Lipinski definition) is 2. The van der Waals surface area contributed by atoms with E-state index >= 15 is 0 Å². The Morgan fingerprint density at radius 1 is 1.11 bits per heavy atom. The molecular formula is C29H31N3O3. The lowest BCUT2D eigenvalue weighted by molar-refractivity contribution is 0.0921. The molecule has 2 heterocycles. The van der Waals surface area contributed by atoms with E-state index in [-0.39, 0.29) is 18.0 Å². The van der Waals surface area contributed by atoms with E-state index in [0.29, 0.717) is 16.9 Å². The minimum Gasteiger partial charge on any atom is -0.496 e. The van der Waals surface area contributed by atoms with Gasteiger partial charge in [0.2, 0.25) is 0 Å². The van der Waals surface area contributed by atoms with Gasteiger partial charge in [-0.25, -0.2) is 0 Å². The van der Waals surface area contributed by atoms with Crippen LogP contribution in [0.2, 0.25) is 0 Å². The highest BCUT2D eigenvalue weighted by molar-refractivity contribution is 5.98. The van der Waals surface area contributed by atoms with Crippen LogP contribution >= 0.6 is 0 Å². The van der Waals surface area contributed by atoms with Gasteiger partial charge >= 0.3 is 0 Å². The molecule has 1 aliphatic carbocycles. The average Bonchev–Trinajstić information content (AvgIpc) is 3.34. The Bertz CT molecular complexity index is 1360. The molecule has 2 aromatic heterocycles. The van der Waals surface area contributed by atoms with E-state index in [1.807, 2.05) is 42.5 Å². The monoisotopic (exact) mass is 469 g/mol. The molecule has 2 atom stereocenters. The molecule has 0 spiro atoms. The maximum atomic E-state index is 13.0. The van der Waals surface area contributed by atoms with Gasteiger partial charge in [0, 0.05) is 35.5 Å². The number of ether oxygens (including phenoxy) is 1. The molecule has 180 valence electrons. The van der Waals surface area contributed by atoms with Crippen LogP contribution in [0.25, 0.3) is 33.6 Å². The zero-order valence-corrected chi connectivity index (χ0v) is 20.2. The van der Waals surface area contributed by atoms with Crippen LogP contribution in [0.5, 0.6) is 5.75 Å². The fraction of sp³-hybridized carbons (Fsp3) is 0.310. The molecule has 0 saturated heterocycles. The van der Waals surface area contributed by atoms with Gasteiger partial charge in [-0.15, -0.1) is 0 Å². The SMILES string of the molecule is CCc1ccc(OC)c(-c2cc3nccc(-c4cccc(C(=O)N[C@@H]5CCCC[C@@H]5N)c4)c3o2)c1. The van der Waals surface area contributed by atoms with Gasteiger partial charge < -0.3 is 20.2 Å². The van der Waals surface area contributed by atoms with Gasteiger partial charge in [-0.05, 0) is 60.7 Å². The average molecular weight is 470 g/mol. The fourth-order valence-electron chi connectivity index (χ4n) is 4.88. The molecule has 2 aromatic carbocycles. The maximum absolute atomic E-state index is 13.0. The predicted octanol–water partition coefficient (Wildman–Crippen LogP) is 5.73. The van der Waals surface area contributed by atoms with E-state index in [1.165, 1.54) is 5.56 Å². The second-order valence-corrected chi connectivity index (χ2v) is 9.18. The van der Waals surface area contributed by atoms with E-state index in [4.69, 9.17) is 14.9 Å². The normalized spacial score (nSPS) is 17.9. The third kappa shape index (κ3) is 4.66. The minimum atomic E-state index is -0.0965. The van der Waals surface area contributed by atoms with E-state index in [0.717, 1.165) is 60.1 Å². The van der Waals surface area contributed by atoms with E-state index in [9.17, 15) is 4.79 Å². The molecule has 4 aromatic rings. The van der Waals surface area contributed by atoms with Gasteiger partial charge in [0.05, 0.1) is 12.7 Å². The van der Waals surface area contributed by atoms with Crippen molar-refractivity contribution >= 4 is 17.0 Å². The van der Waals surface area contributed by atoms with Crippen molar-refractivity contribution in [2.24, 2.45) is 5.73 Å². The molecular weight excluding hydrogens is 438 g/mol. The number of amides is 1. The Hall–Kier alpha value is -3.64. The van der Waals surface area contributed by atoms with Gasteiger partial charge in [-0.3, -0.25) is 9.78 Å². The quantitative estimate of drug-likeness (QED) is 0.376. The van der Waals surface area contributed by atoms with Crippen molar-refractivity contribution in [3.63, 3.8) is 0 Å². The van der Waals surface area contributed by atoms with Gasteiger partial charge in [-0.2, -0.15) is 0 Å². The van der Waals surface area contributed by atoms with Crippen LogP contribution in [0, 0.1) is 0 Å². The maximum Gasteiger partial charge on any atom is 0.251 e. The van der Waals surface area contributed by atoms with Crippen molar-refractivity contribution in [2.45, 2.75) is 51.1 Å². The molecule has 0 unspecified atom stereocenters. The van der Waals surface area contributed by atoms with Crippen LogP contribution in [0.4, 0.5) is 0 Å². The fourth-order valence-corrected chi connectivity index (χ4v) is 4.88. The molecule has 1 aliphatic rings. The first-order valence-corrected chi connectivity index (χ1v) is 12.3. The highest BCUT2D eigenvalue weighted by atomic mass is 16.5. The lowest BCUT2D eigenvalue weighted by atomic mass is 9.91. The summed E-state index contributed by atoms with van der Waals surface area (Å²) in [6, 6.07) is 17.6. The van der Waals surface area contributed by atoms with Crippen molar-refractivity contribution in [1.82, 2.24) is 10.3 Å². The Morgan fingerprint density at radius 3 is 2.77 bits per heavy atom. The van der Waals surface area contributed by atoms with Crippen LogP contribution < -0.4 is 15.8 Å². The van der Waals surface area contributed by atoms with Crippen molar-refractivity contribution in [3.05, 3.63) is 71.9 Å². The number of nitrogens with zero attached hydrogens (tertiary/aromatic N) is 1. The first kappa shape index (κ1) is 23.1. The Morgan fingerprint density at radius 2 is 1.97 bits per heavy atom. The summed E-state index contributed by atoms with van der Waals surface area (Å²) in [6.45, 7) is 2.12. The lowest BCUT2D eigenvalue weighted by Crippen LogP contribution is -2.49. The standard InChI is InChI=1S/C29H31N3O3/c1-3-18-11-12-26(34-2)22(15-18)27-17-25-28(35-27)21(13-14-31-25)19-7-6-8-20(16-19)29(33)32-24-10-5-4-9-23(24)30/h6-8,11-17,23-24H,3-5,9-10,30H2,1-2H3,(H,32,33)/t23-,24+/m0/s1. The zero-order valence-electron chi connectivity index (χ0n) is 20.2. The van der Waals surface area contributed by atoms with E-state index < -0.39 is 0 Å². The second kappa shape index (κ2) is 9.92. The number of methoxy groups -OCH3 is 1. The van der Waals surface area contributed by atoms with Crippen molar-refractivity contribution in [1.29, 1.82) is 0 Å². The van der Waals surface area contributed by atoms with E-state index in [2.05, 4.69) is 29.4 Å². The number of carbonyl (C=O) groups is 1. The predicted molar refractivity (Wildman–Crippen MR) is 139 cm³/mol. The van der Waals surface area contributed by atoms with Crippen LogP contribution in [0.15, 0.2) is 65.2 Å². The smallest absolute Gasteiger partial charge is 0.251 e. The molecule has 1 saturated carbocycles. The Kier molecular flexibility index (Phi) is 6.55. The first-order valence-electron chi connectivity index (χ1n) is 12.3. The third-order valence-corrected chi connectivity index (χ3v) is 6.92. The molecule has 0 aliphatic heterocycles. The number of nitrogens with two attached hydrogens (primary N) is 1. The number of furan rings is 1. The molecule has 35 heavy (non-hydrogen) atoms. The molecule has 6 nitrogen and oxygen atoms in total. The van der Waals surface area contributed by atoms with Crippen molar-refractivity contribution in [2.75, 3.05) is 7.11 Å². The molecule has 1 amide bonds. The largest absolute Gasteiger partial charge is 0.496 e. The molecule has 0 bridgehead atoms. The number of hydrogen-bond acceptors (Lipinski definition) is 5. The summed E-state index contributed by atoms with van der Waals surface area (Å²) in [5.74, 6) is 1.36. The summed E-state index contributed by atoms with van der Waals surface area (Å²) in [7, 11) is 1.66. The molecule has 5 rings (SSSR count). The number of nitrogens with one attached hydrogen (secondary N) is 1. The minimum absolute atomic E-state index is 0.0143. The third-order valence-electron chi connectivity index (χ3n) is 6.92. The summed E-state index contributed by atoms with van der Waals surface area (Å²) in [4.78, 5) is 17.5. The lowest BCUT2D eigenvalue weighted by Gasteiger charge is -2.29. The number of pyridine rings is 1. The summed E-state index contributed by atoms with van der Waals surface area (Å²) >= 11 is 0. The molecule has 0 radical (unpaired) electrons. The van der Waals surface area contributed by atoms with Crippen LogP contribution in [0.3, 0.4) is 0 Å². The zero-order chi connectivity index (χ0) is 24.4. The van der Waals surface area contributed by atoms with Gasteiger partial charge in [0.15, 0.2) is 5.58 Å². The Labute approximate surface area is 205 Å². The molecule has 6 heteroatoms. The van der Waals surface area contributed by atoms with Crippen LogP contribution in [-0.2, 0) is 6.42 Å². The number of fused-ring (bicyclic) bond motifs is 1. The second-order valence-electron chi connectivity index (χ2n) is 9.18. The van der Waals surface area contributed by atoms with Gasteiger partial charge in [0.25, 0.3) is 5.91 Å². The van der Waals surface area contributed by atoms with E-state index in [1.54, 1.807) is 13.3 Å². The Balaban J connectivity index is 1.49. The number of rotatable bonds is 6. The highest BCUT2D eigenvalue weighted by Crippen LogP contribution is 2.37. The van der Waals surface area contributed by atoms with Crippen LogP contribution in [0.1, 0.15) is 48.5 Å². The number of carbonyl (C=O) groups excluding carboxylic acids is 1. The molecule has 3 N–H and O–H groups in total. The van der Waals surface area contributed by atoms with Crippen molar-refractivity contribution < 1.29 is 13.9 Å². The number of aryl methyl sites for hydroxylation is 1. The topological polar surface area (TPSA) is 90.4 Å². The van der Waals surface area contributed by atoms with Crippen LogP contribution in [-0.4, -0.2) is 30.1 Å². The number of aromatic nitrogens is 1. The van der Waals surface area contributed by atoms with Crippen molar-refractivity contribution in [3.8, 4) is 28.2 Å². The highest BCUT2D eigenvalue weighted by Gasteiger charge is 2.24. The summed E-state index contributed by atoms with van der Waals surface area (Å²) < 4.78 is 11.9. The number of benzene rings is 2. The first-order chi connectivity index (χ1) is 17.1.